The van der Waals surface area contributed by atoms with Crippen molar-refractivity contribution in [3.05, 3.63) is 64.1 Å². The zero-order valence-electron chi connectivity index (χ0n) is 10.8. The molecule has 1 atom stereocenters. The topological polar surface area (TPSA) is 57.5 Å². The van der Waals surface area contributed by atoms with E-state index in [9.17, 15) is 15.0 Å². The van der Waals surface area contributed by atoms with E-state index in [0.29, 0.717) is 12.8 Å². The number of phenols is 1. The molecule has 0 spiro atoms. The Morgan fingerprint density at radius 2 is 1.70 bits per heavy atom. The molecule has 2 aromatic rings. The second kappa shape index (κ2) is 6.57. The standard InChI is InChI=1S/C16H15BrO3/c17-14-6-4-11(5-7-14)8-13(16(19)20)9-12-2-1-3-15(18)10-12/h1-7,10,13,18H,8-9H2,(H,19,20). The van der Waals surface area contributed by atoms with Crippen LogP contribution in [0.1, 0.15) is 11.1 Å². The number of benzene rings is 2. The molecule has 0 fully saturated rings. The molecular formula is C16H15BrO3. The van der Waals surface area contributed by atoms with E-state index in [1.54, 1.807) is 18.2 Å². The first-order chi connectivity index (χ1) is 9.54. The third kappa shape index (κ3) is 4.10. The number of carbonyl (C=O) groups is 1. The highest BCUT2D eigenvalue weighted by molar-refractivity contribution is 9.10. The lowest BCUT2D eigenvalue weighted by Gasteiger charge is -2.13. The maximum Gasteiger partial charge on any atom is 0.307 e. The highest BCUT2D eigenvalue weighted by atomic mass is 79.9. The lowest BCUT2D eigenvalue weighted by Crippen LogP contribution is -2.19. The number of aliphatic carboxylic acids is 1. The van der Waals surface area contributed by atoms with Gasteiger partial charge in [0.15, 0.2) is 0 Å². The Bertz CT molecular complexity index is 593. The van der Waals surface area contributed by atoms with E-state index in [0.717, 1.165) is 15.6 Å². The minimum Gasteiger partial charge on any atom is -0.508 e. The van der Waals surface area contributed by atoms with Gasteiger partial charge >= 0.3 is 5.97 Å². The van der Waals surface area contributed by atoms with Gasteiger partial charge in [0.25, 0.3) is 0 Å². The van der Waals surface area contributed by atoms with Gasteiger partial charge < -0.3 is 10.2 Å². The summed E-state index contributed by atoms with van der Waals surface area (Å²) in [4.78, 5) is 11.4. The van der Waals surface area contributed by atoms with E-state index in [1.807, 2.05) is 30.3 Å². The maximum absolute atomic E-state index is 11.4. The van der Waals surface area contributed by atoms with E-state index in [1.165, 1.54) is 0 Å². The van der Waals surface area contributed by atoms with Crippen LogP contribution in [0.25, 0.3) is 0 Å². The molecular weight excluding hydrogens is 320 g/mol. The molecule has 0 aliphatic heterocycles. The quantitative estimate of drug-likeness (QED) is 0.877. The van der Waals surface area contributed by atoms with E-state index >= 15 is 0 Å². The zero-order chi connectivity index (χ0) is 14.5. The van der Waals surface area contributed by atoms with Crippen LogP contribution in [0.3, 0.4) is 0 Å². The van der Waals surface area contributed by atoms with Crippen LogP contribution in [-0.2, 0) is 17.6 Å². The lowest BCUT2D eigenvalue weighted by molar-refractivity contribution is -0.141. The molecule has 0 aromatic heterocycles. The Hall–Kier alpha value is -1.81. The fourth-order valence-electron chi connectivity index (χ4n) is 2.12. The van der Waals surface area contributed by atoms with Crippen molar-refractivity contribution in [2.24, 2.45) is 5.92 Å². The summed E-state index contributed by atoms with van der Waals surface area (Å²) in [7, 11) is 0. The van der Waals surface area contributed by atoms with Crippen molar-refractivity contribution in [1.29, 1.82) is 0 Å². The number of hydrogen-bond donors (Lipinski definition) is 2. The molecule has 0 saturated carbocycles. The molecule has 0 bridgehead atoms. The van der Waals surface area contributed by atoms with Crippen LogP contribution in [0.4, 0.5) is 0 Å². The second-order valence-electron chi connectivity index (χ2n) is 4.74. The average molecular weight is 335 g/mol. The van der Waals surface area contributed by atoms with Crippen LogP contribution < -0.4 is 0 Å². The van der Waals surface area contributed by atoms with E-state index in [-0.39, 0.29) is 5.75 Å². The van der Waals surface area contributed by atoms with Crippen LogP contribution >= 0.6 is 15.9 Å². The number of aromatic hydroxyl groups is 1. The Morgan fingerprint density at radius 1 is 1.05 bits per heavy atom. The van der Waals surface area contributed by atoms with Gasteiger partial charge in [-0.1, -0.05) is 40.2 Å². The van der Waals surface area contributed by atoms with Gasteiger partial charge in [0.2, 0.25) is 0 Å². The molecule has 1 unspecified atom stereocenters. The molecule has 0 aliphatic carbocycles. The van der Waals surface area contributed by atoms with Crippen molar-refractivity contribution >= 4 is 21.9 Å². The van der Waals surface area contributed by atoms with Crippen molar-refractivity contribution in [2.75, 3.05) is 0 Å². The van der Waals surface area contributed by atoms with Gasteiger partial charge in [-0.25, -0.2) is 0 Å². The van der Waals surface area contributed by atoms with Crippen LogP contribution in [0.15, 0.2) is 53.0 Å². The van der Waals surface area contributed by atoms with Gasteiger partial charge in [0.1, 0.15) is 5.75 Å². The number of carboxylic acids is 1. The number of rotatable bonds is 5. The normalized spacial score (nSPS) is 12.1. The van der Waals surface area contributed by atoms with Gasteiger partial charge in [-0.15, -0.1) is 0 Å². The molecule has 20 heavy (non-hydrogen) atoms. The van der Waals surface area contributed by atoms with E-state index < -0.39 is 11.9 Å². The van der Waals surface area contributed by atoms with Gasteiger partial charge in [0, 0.05) is 4.47 Å². The first kappa shape index (κ1) is 14.6. The summed E-state index contributed by atoms with van der Waals surface area (Å²) >= 11 is 3.36. The van der Waals surface area contributed by atoms with E-state index in [4.69, 9.17) is 0 Å². The monoisotopic (exact) mass is 334 g/mol. The summed E-state index contributed by atoms with van der Waals surface area (Å²) in [6, 6.07) is 14.4. The summed E-state index contributed by atoms with van der Waals surface area (Å²) in [6.45, 7) is 0. The minimum atomic E-state index is -0.823. The largest absolute Gasteiger partial charge is 0.508 e. The van der Waals surface area contributed by atoms with Crippen molar-refractivity contribution in [1.82, 2.24) is 0 Å². The van der Waals surface area contributed by atoms with Crippen molar-refractivity contribution in [3.63, 3.8) is 0 Å². The van der Waals surface area contributed by atoms with Gasteiger partial charge in [-0.05, 0) is 48.2 Å². The molecule has 0 heterocycles. The molecule has 0 radical (unpaired) electrons. The summed E-state index contributed by atoms with van der Waals surface area (Å²) in [5, 5.41) is 18.8. The Morgan fingerprint density at radius 3 is 2.30 bits per heavy atom. The number of carboxylic acid groups (broad SMARTS) is 1. The summed E-state index contributed by atoms with van der Waals surface area (Å²) < 4.78 is 0.973. The molecule has 2 rings (SSSR count). The third-order valence-electron chi connectivity index (χ3n) is 3.14. The highest BCUT2D eigenvalue weighted by Crippen LogP contribution is 2.19. The van der Waals surface area contributed by atoms with Gasteiger partial charge in [-0.2, -0.15) is 0 Å². The van der Waals surface area contributed by atoms with Crippen LogP contribution in [-0.4, -0.2) is 16.2 Å². The first-order valence-corrected chi connectivity index (χ1v) is 7.09. The second-order valence-corrected chi connectivity index (χ2v) is 5.66. The predicted molar refractivity (Wildman–Crippen MR) is 80.8 cm³/mol. The molecule has 0 saturated heterocycles. The minimum absolute atomic E-state index is 0.162. The average Bonchev–Trinajstić information content (AvgIpc) is 2.40. The van der Waals surface area contributed by atoms with Crippen LogP contribution in [0.2, 0.25) is 0 Å². The van der Waals surface area contributed by atoms with Crippen molar-refractivity contribution < 1.29 is 15.0 Å². The molecule has 104 valence electrons. The fourth-order valence-corrected chi connectivity index (χ4v) is 2.38. The smallest absolute Gasteiger partial charge is 0.307 e. The SMILES string of the molecule is O=C(O)C(Cc1ccc(Br)cc1)Cc1cccc(O)c1. The first-order valence-electron chi connectivity index (χ1n) is 6.30. The predicted octanol–water partition coefficient (Wildman–Crippen LogP) is 3.64. The highest BCUT2D eigenvalue weighted by Gasteiger charge is 2.18. The number of hydrogen-bond acceptors (Lipinski definition) is 2. The summed E-state index contributed by atoms with van der Waals surface area (Å²) in [5.41, 5.74) is 1.82. The van der Waals surface area contributed by atoms with Gasteiger partial charge in [-0.3, -0.25) is 4.79 Å². The lowest BCUT2D eigenvalue weighted by atomic mass is 9.92. The van der Waals surface area contributed by atoms with Crippen molar-refractivity contribution in [2.45, 2.75) is 12.8 Å². The fraction of sp³-hybridized carbons (Fsp3) is 0.188. The summed E-state index contributed by atoms with van der Waals surface area (Å²) in [5.74, 6) is -1.16. The Labute approximate surface area is 126 Å². The zero-order valence-corrected chi connectivity index (χ0v) is 12.4. The van der Waals surface area contributed by atoms with E-state index in [2.05, 4.69) is 15.9 Å². The maximum atomic E-state index is 11.4. The Kier molecular flexibility index (Phi) is 4.79. The molecule has 2 aromatic carbocycles. The van der Waals surface area contributed by atoms with Crippen LogP contribution in [0, 0.1) is 5.92 Å². The number of phenolic OH excluding ortho intramolecular Hbond substituents is 1. The molecule has 2 N–H and O–H groups in total. The molecule has 0 amide bonds. The molecule has 4 heteroatoms. The third-order valence-corrected chi connectivity index (χ3v) is 3.67. The Balaban J connectivity index is 2.11. The molecule has 3 nitrogen and oxygen atoms in total. The number of halogens is 1. The molecule has 0 aliphatic rings. The van der Waals surface area contributed by atoms with Gasteiger partial charge in [0.05, 0.1) is 5.92 Å². The van der Waals surface area contributed by atoms with Crippen molar-refractivity contribution in [3.8, 4) is 5.75 Å². The summed E-state index contributed by atoms with van der Waals surface area (Å²) in [6.07, 6.45) is 0.873. The van der Waals surface area contributed by atoms with Crippen LogP contribution in [0.5, 0.6) is 5.75 Å².